The third-order valence-corrected chi connectivity index (χ3v) is 5.79. The maximum absolute atomic E-state index is 14.2. The molecule has 0 radical (unpaired) electrons. The highest BCUT2D eigenvalue weighted by Gasteiger charge is 3.18. The van der Waals surface area contributed by atoms with E-state index < -0.39 is 57.7 Å². The molecule has 15 heteroatoms. The predicted molar refractivity (Wildman–Crippen MR) is 49.4 cm³/mol. The molecule has 0 saturated heterocycles. The summed E-state index contributed by atoms with van der Waals surface area (Å²) in [4.78, 5) is -6.44. The van der Waals surface area contributed by atoms with Crippen LogP contribution in [-0.2, 0) is 0 Å². The first-order valence-corrected chi connectivity index (χ1v) is 6.33. The van der Waals surface area contributed by atoms with Gasteiger partial charge in [0, 0.05) is 0 Å². The van der Waals surface area contributed by atoms with Gasteiger partial charge in [-0.15, -0.1) is 0 Å². The van der Waals surface area contributed by atoms with Crippen molar-refractivity contribution in [2.75, 3.05) is 0 Å². The van der Waals surface area contributed by atoms with Crippen molar-refractivity contribution >= 4 is 11.6 Å². The molecule has 25 heavy (non-hydrogen) atoms. The Morgan fingerprint density at radius 2 is 0.720 bits per heavy atom. The van der Waals surface area contributed by atoms with E-state index in [2.05, 4.69) is 11.6 Å². The van der Waals surface area contributed by atoms with Gasteiger partial charge in [-0.3, -0.25) is 0 Å². The highest BCUT2D eigenvalue weighted by atomic mass is 35.5. The van der Waals surface area contributed by atoms with Gasteiger partial charge in [0.2, 0.25) is 4.87 Å². The fraction of sp³-hybridized carbons (Fsp3) is 1.00. The zero-order valence-corrected chi connectivity index (χ0v) is 11.5. The van der Waals surface area contributed by atoms with E-state index in [0.717, 1.165) is 0 Å². The molecule has 0 heterocycles. The molecule has 4 bridgehead atoms. The zero-order valence-electron chi connectivity index (χ0n) is 10.7. The van der Waals surface area contributed by atoms with Crippen LogP contribution < -0.4 is 0 Å². The molecule has 4 rings (SSSR count). The van der Waals surface area contributed by atoms with E-state index in [1.165, 1.54) is 0 Å². The molecule has 0 spiro atoms. The Morgan fingerprint density at radius 1 is 0.440 bits per heavy atom. The molecule has 4 fully saturated rings. The minimum absolute atomic E-state index is 4.24. The number of halogens is 15. The van der Waals surface area contributed by atoms with Gasteiger partial charge in [-0.25, -0.2) is 52.7 Å². The Bertz CT molecular complexity index is 556. The Morgan fingerprint density at radius 3 is 1.00 bits per heavy atom. The standard InChI is InChI=1S/C10HClF14/c11-5-2(12,13)1-3(14,15)6(18,8(5,20)21)10(24,25)7(19,4(1,16)17)9(5,22)23/h1H/t1?,5?,6-,7+. The molecule has 0 nitrogen and oxygen atoms in total. The summed E-state index contributed by atoms with van der Waals surface area (Å²) in [6.07, 6.45) is 0. The molecule has 0 aliphatic heterocycles. The lowest BCUT2D eigenvalue weighted by Crippen LogP contribution is -3.04. The largest absolute Gasteiger partial charge is 0.339 e. The molecule has 4 saturated carbocycles. The van der Waals surface area contributed by atoms with E-state index in [9.17, 15) is 61.5 Å². The van der Waals surface area contributed by atoms with Crippen molar-refractivity contribution < 1.29 is 61.5 Å². The minimum atomic E-state index is -7.49. The Labute approximate surface area is 132 Å². The van der Waals surface area contributed by atoms with E-state index in [0.29, 0.717) is 0 Å². The first kappa shape index (κ1) is 19.1. The van der Waals surface area contributed by atoms with Crippen LogP contribution in [-0.4, -0.2) is 51.7 Å². The molecule has 4 atom stereocenters. The molecule has 0 aromatic rings. The molecule has 146 valence electrons. The van der Waals surface area contributed by atoms with Crippen LogP contribution >= 0.6 is 11.6 Å². The van der Waals surface area contributed by atoms with E-state index in [1.807, 2.05) is 0 Å². The zero-order chi connectivity index (χ0) is 20.1. The van der Waals surface area contributed by atoms with E-state index in [-0.39, 0.29) is 0 Å². The van der Waals surface area contributed by atoms with Crippen LogP contribution in [0, 0.1) is 5.92 Å². The summed E-state index contributed by atoms with van der Waals surface area (Å²) in [5.74, 6) is -48.4. The topological polar surface area (TPSA) is 0 Å². The highest BCUT2D eigenvalue weighted by molar-refractivity contribution is 6.27. The fourth-order valence-electron chi connectivity index (χ4n) is 3.84. The van der Waals surface area contributed by atoms with E-state index in [4.69, 9.17) is 0 Å². The molecule has 0 aromatic heterocycles. The Balaban J connectivity index is 2.64. The second-order valence-electron chi connectivity index (χ2n) is 6.00. The molecule has 4 aliphatic rings. The third-order valence-electron chi connectivity index (χ3n) is 5.06. The molecule has 4 aliphatic carbocycles. The second kappa shape index (κ2) is 3.66. The lowest BCUT2D eigenvalue weighted by molar-refractivity contribution is -0.560. The fourth-order valence-corrected chi connectivity index (χ4v) is 4.21. The van der Waals surface area contributed by atoms with Gasteiger partial charge in [0.05, 0.1) is 0 Å². The average molecular weight is 423 g/mol. The molecular formula is C10HClF14. The third kappa shape index (κ3) is 1.10. The van der Waals surface area contributed by atoms with Crippen LogP contribution in [0.15, 0.2) is 0 Å². The molecule has 0 aromatic carbocycles. The lowest BCUT2D eigenvalue weighted by Gasteiger charge is -2.72. The summed E-state index contributed by atoms with van der Waals surface area (Å²) >= 11 is 4.24. The molecule has 2 unspecified atom stereocenters. The van der Waals surface area contributed by atoms with Gasteiger partial charge in [0.25, 0.3) is 5.92 Å². The van der Waals surface area contributed by atoms with Crippen molar-refractivity contribution in [3.05, 3.63) is 0 Å². The van der Waals surface area contributed by atoms with Crippen molar-refractivity contribution in [1.82, 2.24) is 0 Å². The number of rotatable bonds is 0. The maximum Gasteiger partial charge on any atom is 0.339 e. The summed E-state index contributed by atoms with van der Waals surface area (Å²) in [7, 11) is 0. The lowest BCUT2D eigenvalue weighted by atomic mass is 9.43. The van der Waals surface area contributed by atoms with Crippen molar-refractivity contribution in [3.63, 3.8) is 0 Å². The van der Waals surface area contributed by atoms with E-state index >= 15 is 0 Å². The molecule has 0 N–H and O–H groups in total. The van der Waals surface area contributed by atoms with Crippen molar-refractivity contribution in [3.8, 4) is 0 Å². The molecule has 0 amide bonds. The van der Waals surface area contributed by atoms with Crippen LogP contribution in [0.25, 0.3) is 0 Å². The smallest absolute Gasteiger partial charge is 0.223 e. The summed E-state index contributed by atoms with van der Waals surface area (Å²) < 4.78 is 194. The first-order valence-electron chi connectivity index (χ1n) is 5.95. The van der Waals surface area contributed by atoms with Crippen LogP contribution in [0.5, 0.6) is 0 Å². The summed E-state index contributed by atoms with van der Waals surface area (Å²) in [5, 5.41) is 0. The van der Waals surface area contributed by atoms with Gasteiger partial charge in [0.1, 0.15) is 0 Å². The predicted octanol–water partition coefficient (Wildman–Crippen LogP) is 4.85. The quantitative estimate of drug-likeness (QED) is 0.387. The van der Waals surface area contributed by atoms with Gasteiger partial charge in [-0.05, 0) is 0 Å². The van der Waals surface area contributed by atoms with Gasteiger partial charge in [-0.2, -0.15) is 8.78 Å². The van der Waals surface area contributed by atoms with Crippen molar-refractivity contribution in [1.29, 1.82) is 0 Å². The summed E-state index contributed by atoms with van der Waals surface area (Å²) in [5.41, 5.74) is -14.3. The Kier molecular flexibility index (Phi) is 2.79. The van der Waals surface area contributed by atoms with Gasteiger partial charge < -0.3 is 0 Å². The minimum Gasteiger partial charge on any atom is -0.223 e. The van der Waals surface area contributed by atoms with Gasteiger partial charge >= 0.3 is 41.0 Å². The van der Waals surface area contributed by atoms with Crippen LogP contribution in [0.3, 0.4) is 0 Å². The van der Waals surface area contributed by atoms with E-state index in [1.54, 1.807) is 0 Å². The number of alkyl halides is 15. The van der Waals surface area contributed by atoms with Crippen LogP contribution in [0.4, 0.5) is 61.5 Å². The number of hydrogen-bond acceptors (Lipinski definition) is 0. The van der Waals surface area contributed by atoms with Crippen molar-refractivity contribution in [2.24, 2.45) is 5.92 Å². The average Bonchev–Trinajstić information content (AvgIpc) is 2.38. The van der Waals surface area contributed by atoms with Crippen molar-refractivity contribution in [2.45, 2.75) is 51.7 Å². The summed E-state index contributed by atoms with van der Waals surface area (Å²) in [6.45, 7) is 0. The number of hydrogen-bond donors (Lipinski definition) is 0. The monoisotopic (exact) mass is 422 g/mol. The summed E-state index contributed by atoms with van der Waals surface area (Å²) in [6, 6.07) is 0. The van der Waals surface area contributed by atoms with Gasteiger partial charge in [0.15, 0.2) is 5.92 Å². The highest BCUT2D eigenvalue weighted by Crippen LogP contribution is 2.87. The second-order valence-corrected chi connectivity index (χ2v) is 6.57. The SMILES string of the molecule is FC1(F)C2C(F)(F)[C@@]3(F)C(F)(F)C1(Cl)C(F)(F)[C@@](F)(C2(F)F)C3(F)F. The maximum atomic E-state index is 14.2. The first-order chi connectivity index (χ1) is 10.6. The molecular weight excluding hydrogens is 422 g/mol. The van der Waals surface area contributed by atoms with Crippen LogP contribution in [0.2, 0.25) is 0 Å². The van der Waals surface area contributed by atoms with Gasteiger partial charge in [-0.1, -0.05) is 11.6 Å². The van der Waals surface area contributed by atoms with Crippen LogP contribution in [0.1, 0.15) is 0 Å². The Hall–Kier alpha value is -0.690. The normalized spacial score (nSPS) is 52.2.